The van der Waals surface area contributed by atoms with Crippen LogP contribution in [0.2, 0.25) is 0 Å². The van der Waals surface area contributed by atoms with Gasteiger partial charge in [0.05, 0.1) is 160 Å². The number of hydrogen-bond donors (Lipinski definition) is 8. The molecule has 9 amide bonds. The normalized spacial score (nSPS) is 18.6. The van der Waals surface area contributed by atoms with Gasteiger partial charge in [0.2, 0.25) is 53.2 Å². The maximum Gasteiger partial charge on any atom is 0.343 e. The molecule has 2 aliphatic carbocycles. The first-order chi connectivity index (χ1) is 51.7. The molecule has 8 N–H and O–H groups in total. The first-order valence-corrected chi connectivity index (χ1v) is 36.6. The summed E-state index contributed by atoms with van der Waals surface area (Å²) in [5.74, 6) is -5.72. The lowest BCUT2D eigenvalue weighted by Gasteiger charge is -2.36. The number of imide groups is 1. The van der Waals surface area contributed by atoms with Crippen molar-refractivity contribution in [1.29, 1.82) is 0 Å². The van der Waals surface area contributed by atoms with Gasteiger partial charge in [-0.15, -0.1) is 0 Å². The molecular weight excluding hydrogens is 1400 g/mol. The molecule has 1 unspecified atom stereocenters. The molecule has 33 heteroatoms. The lowest BCUT2D eigenvalue weighted by molar-refractivity contribution is -0.172. The minimum Gasteiger partial charge on any atom is -0.458 e. The Labute approximate surface area is 618 Å². The van der Waals surface area contributed by atoms with E-state index in [0.717, 1.165) is 17.5 Å². The zero-order valence-electron chi connectivity index (χ0n) is 60.9. The number of carbonyl (C=O) groups excluding carboxylic acids is 10. The lowest BCUT2D eigenvalue weighted by Crippen LogP contribution is -2.52. The van der Waals surface area contributed by atoms with Crippen molar-refractivity contribution in [3.63, 3.8) is 0 Å². The van der Waals surface area contributed by atoms with E-state index in [1.165, 1.54) is 15.5 Å². The largest absolute Gasteiger partial charge is 0.458 e. The summed E-state index contributed by atoms with van der Waals surface area (Å²) in [6.07, 6.45) is 4.02. The Morgan fingerprint density at radius 3 is 1.94 bits per heavy atom. The highest BCUT2D eigenvalue weighted by molar-refractivity contribution is 6.03. The number of likely N-dealkylation sites (tertiary alicyclic amines) is 1. The van der Waals surface area contributed by atoms with Crippen LogP contribution in [0.4, 0.5) is 4.39 Å². The van der Waals surface area contributed by atoms with Crippen molar-refractivity contribution >= 4 is 70.0 Å². The zero-order valence-corrected chi connectivity index (χ0v) is 60.9. The number of fused-ring (bicyclic) bond motifs is 5. The molecule has 0 spiro atoms. The Morgan fingerprint density at radius 2 is 1.31 bits per heavy atom. The summed E-state index contributed by atoms with van der Waals surface area (Å²) in [6, 6.07) is 10.1. The molecule has 584 valence electrons. The standard InChI is InChI=1S/C74H99FN10O22/c1-4-74(97)54-37-59-68-52(42-85(59)72(95)53(54)43-106-73(74)96)67-56(15-14-51-47(3)55(75)38-57(82-68)66(51)67)83-69(92)49-35-50(36-49)107-45-80-62(88)40-79-70(93)58(34-48-11-7-5-8-12-48)81-63(89)41-77-61(87)39-78-64(90)44-105-32-31-104-30-29-103-28-27-102-26-25-101-24-23-100-22-21-99-20-19-98-18-16-76-60(86)13-9-6-10-17-84-65(91)33-46(2)71(84)94/h5,7-8,11-12,37-38,46,49-50,56,58,97H,4,6,9-10,13-36,39-45H2,1-3H3,(H,76,86)(H,77,87)(H,78,90)(H,79,93)(H,80,88)(H,81,89)(H,83,92)/t46?,49-,50-,56-,58-,74-/m0/s1. The van der Waals surface area contributed by atoms with Gasteiger partial charge in [0.1, 0.15) is 31.8 Å². The SMILES string of the molecule is CC[C@@]1(O)C(=O)OCc2c1cc1n(c2=O)Cc2c-1nc1cc(F)c(C)c3c1c2[C@@H](NC(=O)[C@H]1C[C@H](OCNC(=O)CNC(=O)[C@H](Cc2ccccc2)NC(=O)CNC(=O)CNC(=O)COCCOCCOCCOCCOCCOCCOCCOCCNC(=O)CCCCCN2C(=O)CC(C)C2=O)C1)CC3. The number of amides is 9. The predicted octanol–water partition coefficient (Wildman–Crippen LogP) is 0.780. The van der Waals surface area contributed by atoms with E-state index in [2.05, 4.69) is 37.2 Å². The number of hydrogen-bond acceptors (Lipinski definition) is 23. The van der Waals surface area contributed by atoms with Gasteiger partial charge in [-0.3, -0.25) is 52.8 Å². The van der Waals surface area contributed by atoms with Gasteiger partial charge in [-0.1, -0.05) is 50.6 Å². The molecule has 5 aliphatic rings. The summed E-state index contributed by atoms with van der Waals surface area (Å²) in [6.45, 7) is 8.79. The van der Waals surface area contributed by atoms with Crippen LogP contribution >= 0.6 is 0 Å². The Morgan fingerprint density at radius 1 is 0.701 bits per heavy atom. The summed E-state index contributed by atoms with van der Waals surface area (Å²) < 4.78 is 71.9. The van der Waals surface area contributed by atoms with E-state index in [-0.39, 0.29) is 112 Å². The minimum absolute atomic E-state index is 0.0368. The topological polar surface area (TPSA) is 406 Å². The number of nitrogens with one attached hydrogen (secondary N) is 7. The Balaban J connectivity index is 0.550. The molecule has 1 saturated heterocycles. The van der Waals surface area contributed by atoms with Gasteiger partial charge in [-0.2, -0.15) is 0 Å². The lowest BCUT2D eigenvalue weighted by atomic mass is 9.79. The number of aromatic nitrogens is 2. The van der Waals surface area contributed by atoms with E-state index in [4.69, 9.17) is 52.4 Å². The second-order valence-electron chi connectivity index (χ2n) is 26.7. The van der Waals surface area contributed by atoms with E-state index < -0.39 is 90.1 Å². The Bertz CT molecular complexity index is 3840. The number of benzene rings is 2. The van der Waals surface area contributed by atoms with E-state index in [1.54, 1.807) is 57.2 Å². The van der Waals surface area contributed by atoms with Crippen molar-refractivity contribution in [2.24, 2.45) is 11.8 Å². The van der Waals surface area contributed by atoms with E-state index in [0.29, 0.717) is 176 Å². The fourth-order valence-electron chi connectivity index (χ4n) is 13.1. The number of carbonyl (C=O) groups is 10. The average molecular weight is 1500 g/mol. The molecule has 2 aromatic heterocycles. The molecule has 2 aromatic carbocycles. The van der Waals surface area contributed by atoms with Crippen LogP contribution in [-0.4, -0.2) is 236 Å². The number of nitrogens with zero attached hydrogens (tertiary/aromatic N) is 3. The fraction of sp³-hybridized carbons (Fsp3) is 0.595. The summed E-state index contributed by atoms with van der Waals surface area (Å²) in [4.78, 5) is 147. The van der Waals surface area contributed by atoms with Crippen molar-refractivity contribution in [2.75, 3.05) is 145 Å². The molecular formula is C74H99FN10O22. The number of halogens is 1. The predicted molar refractivity (Wildman–Crippen MR) is 379 cm³/mol. The third-order valence-corrected chi connectivity index (χ3v) is 19.2. The summed E-state index contributed by atoms with van der Waals surface area (Å²) in [5, 5.41) is 30.7. The van der Waals surface area contributed by atoms with E-state index in [9.17, 15) is 57.8 Å². The number of aliphatic hydroxyl groups is 1. The molecule has 4 atom stereocenters. The number of cyclic esters (lactones) is 1. The monoisotopic (exact) mass is 1500 g/mol. The minimum atomic E-state index is -2.04. The van der Waals surface area contributed by atoms with Gasteiger partial charge < -0.3 is 94.3 Å². The van der Waals surface area contributed by atoms with Crippen molar-refractivity contribution in [3.8, 4) is 11.4 Å². The zero-order chi connectivity index (χ0) is 76.2. The third-order valence-electron chi connectivity index (χ3n) is 19.2. The molecule has 0 radical (unpaired) electrons. The van der Waals surface area contributed by atoms with Crippen LogP contribution in [0, 0.1) is 24.6 Å². The van der Waals surface area contributed by atoms with Gasteiger partial charge in [0, 0.05) is 66.8 Å². The molecule has 107 heavy (non-hydrogen) atoms. The smallest absolute Gasteiger partial charge is 0.343 e. The van der Waals surface area contributed by atoms with Crippen LogP contribution in [0.1, 0.15) is 117 Å². The summed E-state index contributed by atoms with van der Waals surface area (Å²) >= 11 is 0. The fourth-order valence-corrected chi connectivity index (χ4v) is 13.1. The van der Waals surface area contributed by atoms with Crippen LogP contribution < -0.4 is 42.8 Å². The van der Waals surface area contributed by atoms with Crippen molar-refractivity contribution in [3.05, 3.63) is 97.6 Å². The highest BCUT2D eigenvalue weighted by Crippen LogP contribution is 2.46. The van der Waals surface area contributed by atoms with Crippen LogP contribution in [0.5, 0.6) is 0 Å². The third kappa shape index (κ3) is 23.4. The van der Waals surface area contributed by atoms with Gasteiger partial charge >= 0.3 is 5.97 Å². The second kappa shape index (κ2) is 41.5. The average Bonchev–Trinajstić information content (AvgIpc) is 1.58. The van der Waals surface area contributed by atoms with Crippen LogP contribution in [0.25, 0.3) is 22.3 Å². The number of ether oxygens (including phenoxy) is 10. The molecule has 0 bridgehead atoms. The van der Waals surface area contributed by atoms with Gasteiger partial charge in [0.15, 0.2) is 5.60 Å². The van der Waals surface area contributed by atoms with Crippen molar-refractivity contribution in [2.45, 2.75) is 128 Å². The molecule has 1 saturated carbocycles. The van der Waals surface area contributed by atoms with E-state index >= 15 is 4.39 Å². The Hall–Kier alpha value is -8.77. The van der Waals surface area contributed by atoms with Crippen LogP contribution in [-0.2, 0) is 127 Å². The second-order valence-corrected chi connectivity index (χ2v) is 26.7. The maximum atomic E-state index is 15.5. The summed E-state index contributed by atoms with van der Waals surface area (Å²) in [7, 11) is 0. The quantitative estimate of drug-likeness (QED) is 0.0115. The first kappa shape index (κ1) is 82.3. The number of pyridine rings is 2. The van der Waals surface area contributed by atoms with Gasteiger partial charge in [-0.25, -0.2) is 14.2 Å². The van der Waals surface area contributed by atoms with Crippen LogP contribution in [0.3, 0.4) is 0 Å². The van der Waals surface area contributed by atoms with E-state index in [1.807, 2.05) is 0 Å². The molecule has 9 rings (SSSR count). The molecule has 5 heterocycles. The molecule has 2 fully saturated rings. The number of esters is 1. The number of rotatable bonds is 48. The maximum absolute atomic E-state index is 15.5. The van der Waals surface area contributed by atoms with Crippen LogP contribution in [0.15, 0.2) is 47.3 Å². The molecule has 4 aromatic rings. The van der Waals surface area contributed by atoms with Crippen molar-refractivity contribution in [1.82, 2.24) is 51.7 Å². The Kier molecular flexibility index (Phi) is 31.9. The molecule has 3 aliphatic heterocycles. The van der Waals surface area contributed by atoms with Crippen molar-refractivity contribution < 1.29 is 105 Å². The number of aryl methyl sites for hydroxylation is 1. The highest BCUT2D eigenvalue weighted by atomic mass is 19.1. The first-order valence-electron chi connectivity index (χ1n) is 36.6. The number of unbranched alkanes of at least 4 members (excludes halogenated alkanes) is 2. The summed E-state index contributed by atoms with van der Waals surface area (Å²) in [5.41, 5.74) is 2.29. The van der Waals surface area contributed by atoms with Gasteiger partial charge in [0.25, 0.3) is 5.56 Å². The molecule has 32 nitrogen and oxygen atoms in total. The highest BCUT2D eigenvalue weighted by Gasteiger charge is 2.47. The van der Waals surface area contributed by atoms with Gasteiger partial charge in [-0.05, 0) is 80.2 Å².